The molecule has 2 aliphatic carbocycles. The summed E-state index contributed by atoms with van der Waals surface area (Å²) in [5.74, 6) is 0.895. The van der Waals surface area contributed by atoms with Crippen molar-refractivity contribution >= 4 is 40.7 Å². The molecule has 4 N–H and O–H groups in total. The Morgan fingerprint density at radius 2 is 1.67 bits per heavy atom. The number of benzene rings is 2. The largest absolute Gasteiger partial charge is 0.397 e. The number of pyridine rings is 2. The zero-order valence-corrected chi connectivity index (χ0v) is 36.7. The standard InChI is InChI=1S/C51H61FN8O3/c1-32-27-47-43(41(17-20-54-47)45-13-11-39(53)30-55-45)29-42(32)33(2)59-21-18-36(19-22-59)35-7-9-38(10-8-35)50(62)37-5-3-34(4-6-37)31-58-23-25-60(26-24-58)48-15-12-40(28-44(48)52)56-46-14-16-49(61)57-51(46)63/h7-13,15,17,20,28-30,32-34,36-37,46,56H,3-6,14,16,18-19,21-27,31,53H2,1-2H3,(H,57,61,63)/t32?,33-,34?,37?,46?/m0/s1. The molecule has 2 unspecified atom stereocenters. The van der Waals surface area contributed by atoms with Gasteiger partial charge in [0.15, 0.2) is 5.78 Å². The third-order valence-electron chi connectivity index (χ3n) is 14.7. The second kappa shape index (κ2) is 18.7. The number of carbonyl (C=O) groups excluding carboxylic acids is 3. The summed E-state index contributed by atoms with van der Waals surface area (Å²) in [7, 11) is 0. The van der Waals surface area contributed by atoms with E-state index in [-0.39, 0.29) is 30.0 Å². The van der Waals surface area contributed by atoms with Gasteiger partial charge in [-0.15, -0.1) is 0 Å². The Hall–Kier alpha value is -5.46. The molecule has 2 aromatic heterocycles. The lowest BCUT2D eigenvalue weighted by atomic mass is 9.78. The number of nitrogens with two attached hydrogens (primary N) is 1. The number of aromatic nitrogens is 2. The molecule has 330 valence electrons. The van der Waals surface area contributed by atoms with Crippen LogP contribution in [0, 0.1) is 23.6 Å². The maximum absolute atomic E-state index is 15.2. The molecule has 0 bridgehead atoms. The van der Waals surface area contributed by atoms with Crippen LogP contribution in [0.3, 0.4) is 0 Å². The minimum Gasteiger partial charge on any atom is -0.397 e. The lowest BCUT2D eigenvalue weighted by molar-refractivity contribution is -0.133. The number of amides is 2. The molecule has 1 saturated carbocycles. The van der Waals surface area contributed by atoms with Crippen molar-refractivity contribution in [2.75, 3.05) is 61.8 Å². The van der Waals surface area contributed by atoms with Gasteiger partial charge in [0.05, 0.1) is 23.3 Å². The van der Waals surface area contributed by atoms with Gasteiger partial charge in [-0.1, -0.05) is 37.3 Å². The second-order valence-corrected chi connectivity index (χ2v) is 18.7. The van der Waals surface area contributed by atoms with Gasteiger partial charge in [-0.25, -0.2) is 4.39 Å². The fraction of sp³-hybridized carbons (Fsp3) is 0.471. The Morgan fingerprint density at radius 1 is 0.905 bits per heavy atom. The third-order valence-corrected chi connectivity index (χ3v) is 14.7. The van der Waals surface area contributed by atoms with Crippen molar-refractivity contribution in [3.63, 3.8) is 0 Å². The summed E-state index contributed by atoms with van der Waals surface area (Å²) in [6, 6.07) is 19.4. The van der Waals surface area contributed by atoms with E-state index in [4.69, 9.17) is 10.7 Å². The zero-order valence-electron chi connectivity index (χ0n) is 36.7. The van der Waals surface area contributed by atoms with Crippen LogP contribution in [0.15, 0.2) is 78.6 Å². The molecule has 3 aliphatic heterocycles. The van der Waals surface area contributed by atoms with Crippen LogP contribution in [0.1, 0.15) is 98.3 Å². The molecule has 3 saturated heterocycles. The number of fused-ring (bicyclic) bond motifs is 1. The average Bonchev–Trinajstić information content (AvgIpc) is 3.30. The highest BCUT2D eigenvalue weighted by atomic mass is 19.1. The molecule has 63 heavy (non-hydrogen) atoms. The molecule has 4 fully saturated rings. The molecule has 12 heteroatoms. The Balaban J connectivity index is 0.715. The fourth-order valence-corrected chi connectivity index (χ4v) is 10.9. The number of rotatable bonds is 11. The number of nitrogens with zero attached hydrogens (tertiary/aromatic N) is 5. The van der Waals surface area contributed by atoms with Gasteiger partial charge in [0.2, 0.25) is 11.8 Å². The molecule has 3 atom stereocenters. The van der Waals surface area contributed by atoms with Gasteiger partial charge in [-0.3, -0.25) is 39.5 Å². The summed E-state index contributed by atoms with van der Waals surface area (Å²) in [6.45, 7) is 11.0. The van der Waals surface area contributed by atoms with E-state index in [1.807, 2.05) is 18.3 Å². The van der Waals surface area contributed by atoms with Gasteiger partial charge in [-0.05, 0) is 137 Å². The SMILES string of the molecule is CC1Cc2nccc(-c3ccc(N)cn3)c2C=C1[C@H](C)N1CCC(c2ccc(C(=O)C3CCC(CN4CCN(c5ccc(NC6CCC(=O)NC6=O)cc5F)CC4)CC3)cc2)CC1. The van der Waals surface area contributed by atoms with E-state index in [2.05, 4.69) is 80.6 Å². The summed E-state index contributed by atoms with van der Waals surface area (Å²) in [6.07, 6.45) is 13.8. The summed E-state index contributed by atoms with van der Waals surface area (Å²) in [4.78, 5) is 53.9. The highest BCUT2D eigenvalue weighted by molar-refractivity contribution is 6.01. The number of piperazine rings is 1. The number of nitrogen functional groups attached to an aromatic ring is 1. The van der Waals surface area contributed by atoms with Crippen molar-refractivity contribution < 1.29 is 18.8 Å². The van der Waals surface area contributed by atoms with E-state index in [1.165, 1.54) is 22.8 Å². The van der Waals surface area contributed by atoms with Gasteiger partial charge in [0.25, 0.3) is 0 Å². The van der Waals surface area contributed by atoms with E-state index < -0.39 is 6.04 Å². The van der Waals surface area contributed by atoms with E-state index >= 15 is 4.39 Å². The number of nitrogens with one attached hydrogen (secondary N) is 2. The third kappa shape index (κ3) is 9.57. The minimum absolute atomic E-state index is 0.0853. The lowest BCUT2D eigenvalue weighted by Gasteiger charge is -2.39. The van der Waals surface area contributed by atoms with E-state index in [9.17, 15) is 14.4 Å². The summed E-state index contributed by atoms with van der Waals surface area (Å²) < 4.78 is 15.2. The van der Waals surface area contributed by atoms with Crippen LogP contribution in [-0.2, 0) is 16.0 Å². The smallest absolute Gasteiger partial charge is 0.249 e. The van der Waals surface area contributed by atoms with Crippen molar-refractivity contribution in [1.82, 2.24) is 25.1 Å². The molecule has 0 radical (unpaired) electrons. The lowest BCUT2D eigenvalue weighted by Crippen LogP contribution is -2.48. The Labute approximate surface area is 370 Å². The monoisotopic (exact) mass is 852 g/mol. The maximum atomic E-state index is 15.2. The number of Topliss-reactive ketones (excluding diaryl/α,β-unsaturated/α-hetero) is 1. The number of halogens is 1. The number of likely N-dealkylation sites (tertiary alicyclic amines) is 1. The van der Waals surface area contributed by atoms with Crippen LogP contribution in [0.2, 0.25) is 0 Å². The van der Waals surface area contributed by atoms with Gasteiger partial charge in [-0.2, -0.15) is 0 Å². The highest BCUT2D eigenvalue weighted by Crippen LogP contribution is 2.38. The van der Waals surface area contributed by atoms with Crippen LogP contribution < -0.4 is 21.3 Å². The predicted molar refractivity (Wildman–Crippen MR) is 247 cm³/mol. The molecular weight excluding hydrogens is 792 g/mol. The Kier molecular flexibility index (Phi) is 12.7. The van der Waals surface area contributed by atoms with Gasteiger partial charge in [0, 0.05) is 85.4 Å². The Bertz CT molecular complexity index is 2330. The first-order valence-corrected chi connectivity index (χ1v) is 23.2. The molecule has 2 aromatic carbocycles. The number of ketones is 1. The number of hydrogen-bond donors (Lipinski definition) is 3. The summed E-state index contributed by atoms with van der Waals surface area (Å²) in [5, 5.41) is 5.40. The van der Waals surface area contributed by atoms with Crippen LogP contribution in [-0.4, -0.2) is 95.3 Å². The quantitative estimate of drug-likeness (QED) is 0.102. The van der Waals surface area contributed by atoms with Gasteiger partial charge >= 0.3 is 0 Å². The average molecular weight is 853 g/mol. The molecule has 0 spiro atoms. The summed E-state index contributed by atoms with van der Waals surface area (Å²) >= 11 is 0. The highest BCUT2D eigenvalue weighted by Gasteiger charge is 2.33. The number of carbonyl (C=O) groups is 3. The maximum Gasteiger partial charge on any atom is 0.249 e. The molecule has 11 nitrogen and oxygen atoms in total. The molecule has 5 aliphatic rings. The molecule has 2 amide bonds. The first-order chi connectivity index (χ1) is 30.6. The van der Waals surface area contributed by atoms with Crippen LogP contribution in [0.5, 0.6) is 0 Å². The van der Waals surface area contributed by atoms with E-state index in [0.29, 0.717) is 53.1 Å². The van der Waals surface area contributed by atoms with Crippen LogP contribution in [0.25, 0.3) is 17.3 Å². The Morgan fingerprint density at radius 3 is 2.37 bits per heavy atom. The van der Waals surface area contributed by atoms with Gasteiger partial charge in [0.1, 0.15) is 11.9 Å². The first-order valence-electron chi connectivity index (χ1n) is 23.2. The zero-order chi connectivity index (χ0) is 43.6. The van der Waals surface area contributed by atoms with Crippen molar-refractivity contribution in [1.29, 1.82) is 0 Å². The van der Waals surface area contributed by atoms with Gasteiger partial charge < -0.3 is 16.0 Å². The molecule has 5 heterocycles. The van der Waals surface area contributed by atoms with Crippen molar-refractivity contribution in [2.24, 2.45) is 17.8 Å². The summed E-state index contributed by atoms with van der Waals surface area (Å²) in [5.41, 5.74) is 15.7. The predicted octanol–water partition coefficient (Wildman–Crippen LogP) is 7.74. The number of imide groups is 1. The van der Waals surface area contributed by atoms with Crippen LogP contribution >= 0.6 is 0 Å². The van der Waals surface area contributed by atoms with Crippen LogP contribution in [0.4, 0.5) is 21.5 Å². The number of anilines is 3. The number of piperidine rings is 2. The molecule has 4 aromatic rings. The topological polar surface area (TPSA) is 137 Å². The van der Waals surface area contributed by atoms with E-state index in [0.717, 1.165) is 113 Å². The van der Waals surface area contributed by atoms with Crippen molar-refractivity contribution in [3.05, 3.63) is 107 Å². The second-order valence-electron chi connectivity index (χ2n) is 18.7. The minimum atomic E-state index is -0.546. The van der Waals surface area contributed by atoms with Crippen molar-refractivity contribution in [3.8, 4) is 11.3 Å². The molecule has 9 rings (SSSR count). The fourth-order valence-electron chi connectivity index (χ4n) is 10.9. The van der Waals surface area contributed by atoms with Crippen molar-refractivity contribution in [2.45, 2.75) is 89.6 Å². The normalized spacial score (nSPS) is 24.3. The number of hydrogen-bond acceptors (Lipinski definition) is 10. The molecular formula is C51H61FN8O3. The first kappa shape index (κ1) is 42.8. The van der Waals surface area contributed by atoms with E-state index in [1.54, 1.807) is 18.3 Å².